The molecule has 1 aromatic rings. The Morgan fingerprint density at radius 2 is 2.06 bits per heavy atom. The molecule has 18 heavy (non-hydrogen) atoms. The molecule has 102 valence electrons. The highest BCUT2D eigenvalue weighted by molar-refractivity contribution is 5.54. The van der Waals surface area contributed by atoms with E-state index in [9.17, 15) is 0 Å². The van der Waals surface area contributed by atoms with E-state index >= 15 is 0 Å². The van der Waals surface area contributed by atoms with Crippen molar-refractivity contribution in [1.82, 2.24) is 9.97 Å². The van der Waals surface area contributed by atoms with E-state index in [2.05, 4.69) is 22.2 Å². The predicted molar refractivity (Wildman–Crippen MR) is 69.4 cm³/mol. The number of ether oxygens (including phenoxy) is 3. The van der Waals surface area contributed by atoms with Crippen LogP contribution in [0.5, 0.6) is 11.6 Å². The second kappa shape index (κ2) is 8.52. The van der Waals surface area contributed by atoms with Crippen molar-refractivity contribution in [2.75, 3.05) is 38.8 Å². The SMILES string of the molecule is CCCNc1ncnc(OCCOCC)c1OC. The second-order valence-electron chi connectivity index (χ2n) is 3.53. The normalized spacial score (nSPS) is 10.2. The molecule has 0 atom stereocenters. The first-order chi connectivity index (χ1) is 8.83. The van der Waals surface area contributed by atoms with Gasteiger partial charge in [0.1, 0.15) is 12.9 Å². The number of hydrogen-bond acceptors (Lipinski definition) is 6. The van der Waals surface area contributed by atoms with Crippen LogP contribution in [0.15, 0.2) is 6.33 Å². The van der Waals surface area contributed by atoms with Crippen molar-refractivity contribution in [3.05, 3.63) is 6.33 Å². The van der Waals surface area contributed by atoms with Crippen molar-refractivity contribution in [3.63, 3.8) is 0 Å². The van der Waals surface area contributed by atoms with Gasteiger partial charge < -0.3 is 19.5 Å². The number of anilines is 1. The highest BCUT2D eigenvalue weighted by atomic mass is 16.5. The van der Waals surface area contributed by atoms with Crippen molar-refractivity contribution in [2.24, 2.45) is 0 Å². The summed E-state index contributed by atoms with van der Waals surface area (Å²) in [7, 11) is 1.57. The molecule has 0 bridgehead atoms. The van der Waals surface area contributed by atoms with Crippen LogP contribution in [0.4, 0.5) is 5.82 Å². The van der Waals surface area contributed by atoms with Crippen LogP contribution in [0.25, 0.3) is 0 Å². The summed E-state index contributed by atoms with van der Waals surface area (Å²) in [6.07, 6.45) is 2.46. The Balaban J connectivity index is 2.65. The average Bonchev–Trinajstić information content (AvgIpc) is 2.41. The first kappa shape index (κ1) is 14.5. The Labute approximate surface area is 108 Å². The molecule has 1 rings (SSSR count). The fourth-order valence-corrected chi connectivity index (χ4v) is 1.36. The van der Waals surface area contributed by atoms with Crippen LogP contribution in [0.1, 0.15) is 20.3 Å². The Bertz CT molecular complexity index is 347. The van der Waals surface area contributed by atoms with Crippen molar-refractivity contribution >= 4 is 5.82 Å². The van der Waals surface area contributed by atoms with Gasteiger partial charge in [-0.1, -0.05) is 6.92 Å². The zero-order valence-electron chi connectivity index (χ0n) is 11.2. The average molecular weight is 255 g/mol. The Hall–Kier alpha value is -1.56. The first-order valence-corrected chi connectivity index (χ1v) is 6.16. The molecule has 0 spiro atoms. The summed E-state index contributed by atoms with van der Waals surface area (Å²) in [6.45, 7) is 6.49. The van der Waals surface area contributed by atoms with Gasteiger partial charge in [0.2, 0.25) is 5.75 Å². The molecule has 0 aliphatic heterocycles. The van der Waals surface area contributed by atoms with Crippen molar-refractivity contribution < 1.29 is 14.2 Å². The zero-order valence-corrected chi connectivity index (χ0v) is 11.2. The van der Waals surface area contributed by atoms with Crippen LogP contribution < -0.4 is 14.8 Å². The molecule has 0 aromatic carbocycles. The number of methoxy groups -OCH3 is 1. The van der Waals surface area contributed by atoms with Gasteiger partial charge in [-0.25, -0.2) is 4.98 Å². The summed E-state index contributed by atoms with van der Waals surface area (Å²) in [5.41, 5.74) is 0. The van der Waals surface area contributed by atoms with Crippen LogP contribution in [-0.2, 0) is 4.74 Å². The highest BCUT2D eigenvalue weighted by Gasteiger charge is 2.12. The van der Waals surface area contributed by atoms with Crippen LogP contribution in [0.3, 0.4) is 0 Å². The standard InChI is InChI=1S/C12H21N3O3/c1-4-6-13-11-10(16-3)12(15-9-14-11)18-8-7-17-5-2/h9H,4-8H2,1-3H3,(H,13,14,15). The molecule has 0 radical (unpaired) electrons. The van der Waals surface area contributed by atoms with Crippen LogP contribution in [-0.4, -0.2) is 43.4 Å². The fourth-order valence-electron chi connectivity index (χ4n) is 1.36. The summed E-state index contributed by atoms with van der Waals surface area (Å²) < 4.78 is 16.0. The van der Waals surface area contributed by atoms with E-state index < -0.39 is 0 Å². The molecule has 0 aliphatic carbocycles. The molecule has 0 aliphatic rings. The minimum atomic E-state index is 0.436. The number of rotatable bonds is 9. The smallest absolute Gasteiger partial charge is 0.262 e. The summed E-state index contributed by atoms with van der Waals surface area (Å²) in [5.74, 6) is 1.62. The van der Waals surface area contributed by atoms with E-state index in [-0.39, 0.29) is 0 Å². The number of nitrogens with zero attached hydrogens (tertiary/aromatic N) is 2. The van der Waals surface area contributed by atoms with Gasteiger partial charge in [-0.15, -0.1) is 0 Å². The second-order valence-corrected chi connectivity index (χ2v) is 3.53. The van der Waals surface area contributed by atoms with Gasteiger partial charge in [-0.3, -0.25) is 0 Å². The third kappa shape index (κ3) is 4.37. The van der Waals surface area contributed by atoms with Crippen LogP contribution >= 0.6 is 0 Å². The van der Waals surface area contributed by atoms with Gasteiger partial charge in [-0.2, -0.15) is 4.98 Å². The molecule has 1 heterocycles. The molecule has 0 amide bonds. The highest BCUT2D eigenvalue weighted by Crippen LogP contribution is 2.30. The van der Waals surface area contributed by atoms with Crippen molar-refractivity contribution in [3.8, 4) is 11.6 Å². The maximum absolute atomic E-state index is 5.51. The van der Waals surface area contributed by atoms with Gasteiger partial charge in [0, 0.05) is 13.2 Å². The molecule has 6 nitrogen and oxygen atoms in total. The number of hydrogen-bond donors (Lipinski definition) is 1. The molecule has 1 aromatic heterocycles. The Morgan fingerprint density at radius 3 is 2.72 bits per heavy atom. The minimum absolute atomic E-state index is 0.436. The molecule has 0 fully saturated rings. The summed E-state index contributed by atoms with van der Waals surface area (Å²) >= 11 is 0. The molecule has 0 saturated carbocycles. The summed E-state index contributed by atoms with van der Waals surface area (Å²) in [4.78, 5) is 8.20. The Morgan fingerprint density at radius 1 is 1.22 bits per heavy atom. The minimum Gasteiger partial charge on any atom is -0.489 e. The van der Waals surface area contributed by atoms with E-state index in [0.717, 1.165) is 13.0 Å². The van der Waals surface area contributed by atoms with Crippen LogP contribution in [0.2, 0.25) is 0 Å². The summed E-state index contributed by atoms with van der Waals surface area (Å²) in [6, 6.07) is 0. The first-order valence-electron chi connectivity index (χ1n) is 6.16. The molecule has 1 N–H and O–H groups in total. The lowest BCUT2D eigenvalue weighted by atomic mass is 10.4. The van der Waals surface area contributed by atoms with E-state index in [1.54, 1.807) is 7.11 Å². The molecule has 0 saturated heterocycles. The van der Waals surface area contributed by atoms with Crippen molar-refractivity contribution in [1.29, 1.82) is 0 Å². The lowest BCUT2D eigenvalue weighted by Gasteiger charge is -2.13. The van der Waals surface area contributed by atoms with Gasteiger partial charge in [0.25, 0.3) is 5.88 Å². The van der Waals surface area contributed by atoms with Gasteiger partial charge in [0.05, 0.1) is 13.7 Å². The van der Waals surface area contributed by atoms with Crippen LogP contribution in [0, 0.1) is 0 Å². The monoisotopic (exact) mass is 255 g/mol. The van der Waals surface area contributed by atoms with Gasteiger partial charge >= 0.3 is 0 Å². The molecule has 6 heteroatoms. The predicted octanol–water partition coefficient (Wildman–Crippen LogP) is 1.72. The topological polar surface area (TPSA) is 65.5 Å². The van der Waals surface area contributed by atoms with Gasteiger partial charge in [-0.05, 0) is 13.3 Å². The maximum Gasteiger partial charge on any atom is 0.262 e. The molecular weight excluding hydrogens is 234 g/mol. The number of aromatic nitrogens is 2. The largest absolute Gasteiger partial charge is 0.489 e. The fraction of sp³-hybridized carbons (Fsp3) is 0.667. The quantitative estimate of drug-likeness (QED) is 0.678. The lowest BCUT2D eigenvalue weighted by Crippen LogP contribution is -2.10. The van der Waals surface area contributed by atoms with Crippen molar-refractivity contribution in [2.45, 2.75) is 20.3 Å². The maximum atomic E-state index is 5.51. The van der Waals surface area contributed by atoms with E-state index in [4.69, 9.17) is 14.2 Å². The third-order valence-corrected chi connectivity index (χ3v) is 2.19. The molecule has 0 unspecified atom stereocenters. The Kier molecular flexibility index (Phi) is 6.86. The van der Waals surface area contributed by atoms with E-state index in [1.807, 2.05) is 6.92 Å². The molecular formula is C12H21N3O3. The number of nitrogens with one attached hydrogen (secondary N) is 1. The van der Waals surface area contributed by atoms with E-state index in [1.165, 1.54) is 6.33 Å². The van der Waals surface area contributed by atoms with Gasteiger partial charge in [0.15, 0.2) is 5.82 Å². The summed E-state index contributed by atoms with van der Waals surface area (Å²) in [5, 5.41) is 3.17. The van der Waals surface area contributed by atoms with E-state index in [0.29, 0.717) is 37.3 Å². The third-order valence-electron chi connectivity index (χ3n) is 2.19. The zero-order chi connectivity index (χ0) is 13.2. The lowest BCUT2D eigenvalue weighted by molar-refractivity contribution is 0.107.